The Kier molecular flexibility index (Phi) is 6.28. The molecule has 2 nitrogen and oxygen atoms in total. The number of nitrogens with zero attached hydrogens (tertiary/aromatic N) is 1. The summed E-state index contributed by atoms with van der Waals surface area (Å²) in [6.07, 6.45) is 1.96. The third-order valence-corrected chi connectivity index (χ3v) is 4.73. The highest BCUT2D eigenvalue weighted by Gasteiger charge is 2.20. The molecule has 0 aliphatic rings. The Morgan fingerprint density at radius 3 is 1.88 bits per heavy atom. The van der Waals surface area contributed by atoms with Gasteiger partial charge in [-0.1, -0.05) is 78.8 Å². The van der Waals surface area contributed by atoms with Crippen LogP contribution in [0.4, 0.5) is 5.69 Å². The molecule has 2 aromatic rings. The van der Waals surface area contributed by atoms with Crippen LogP contribution in [0.2, 0.25) is 0 Å². The molecule has 0 heterocycles. The van der Waals surface area contributed by atoms with Crippen LogP contribution in [-0.4, -0.2) is 13.3 Å². The number of ether oxygens (including phenoxy) is 1. The molecule has 2 rings (SSSR count). The summed E-state index contributed by atoms with van der Waals surface area (Å²) in [5, 5.41) is 0. The van der Waals surface area contributed by atoms with Crippen LogP contribution in [-0.2, 0) is 5.41 Å². The molecule has 0 saturated carbocycles. The summed E-state index contributed by atoms with van der Waals surface area (Å²) in [6.45, 7) is 15.5. The lowest BCUT2D eigenvalue weighted by molar-refractivity contribution is 0.397. The summed E-state index contributed by atoms with van der Waals surface area (Å²) in [5.41, 5.74) is 5.92. The van der Waals surface area contributed by atoms with Gasteiger partial charge < -0.3 is 4.74 Å². The second-order valence-electron chi connectivity index (χ2n) is 8.53. The summed E-state index contributed by atoms with van der Waals surface area (Å²) in [7, 11) is 1.74. The van der Waals surface area contributed by atoms with Gasteiger partial charge in [0, 0.05) is 17.3 Å². The SMILES string of the molecule is COc1c(/C=N/c2c(C(C)C)cccc2C(C)C)cccc1C(C)(C)C. The van der Waals surface area contributed by atoms with Crippen molar-refractivity contribution >= 4 is 11.9 Å². The van der Waals surface area contributed by atoms with Crippen LogP contribution < -0.4 is 4.74 Å². The molecule has 0 radical (unpaired) electrons. The molecule has 0 amide bonds. The largest absolute Gasteiger partial charge is 0.496 e. The third-order valence-electron chi connectivity index (χ3n) is 4.73. The topological polar surface area (TPSA) is 21.6 Å². The minimum atomic E-state index is 0.0220. The smallest absolute Gasteiger partial charge is 0.131 e. The lowest BCUT2D eigenvalue weighted by Gasteiger charge is -2.23. The highest BCUT2D eigenvalue weighted by molar-refractivity contribution is 5.87. The molecule has 0 unspecified atom stereocenters. The van der Waals surface area contributed by atoms with Gasteiger partial charge in [0.2, 0.25) is 0 Å². The molecule has 2 aromatic carbocycles. The Bertz CT molecular complexity index is 753. The minimum Gasteiger partial charge on any atom is -0.496 e. The van der Waals surface area contributed by atoms with E-state index in [4.69, 9.17) is 9.73 Å². The van der Waals surface area contributed by atoms with Gasteiger partial charge in [0.25, 0.3) is 0 Å². The Hall–Kier alpha value is -2.09. The van der Waals surface area contributed by atoms with E-state index < -0.39 is 0 Å². The molecular weight excluding hydrogens is 318 g/mol. The van der Waals surface area contributed by atoms with Crippen molar-refractivity contribution in [1.82, 2.24) is 0 Å². The lowest BCUT2D eigenvalue weighted by atomic mass is 9.85. The van der Waals surface area contributed by atoms with Gasteiger partial charge >= 0.3 is 0 Å². The van der Waals surface area contributed by atoms with Crippen molar-refractivity contribution in [2.45, 2.75) is 65.7 Å². The summed E-state index contributed by atoms with van der Waals surface area (Å²) >= 11 is 0. The van der Waals surface area contributed by atoms with Crippen LogP contribution in [0.3, 0.4) is 0 Å². The van der Waals surface area contributed by atoms with E-state index in [9.17, 15) is 0 Å². The molecule has 0 bridgehead atoms. The summed E-state index contributed by atoms with van der Waals surface area (Å²) in [4.78, 5) is 4.95. The van der Waals surface area contributed by atoms with E-state index in [1.807, 2.05) is 6.21 Å². The van der Waals surface area contributed by atoms with Crippen molar-refractivity contribution in [2.24, 2.45) is 4.99 Å². The van der Waals surface area contributed by atoms with Crippen LogP contribution in [0.15, 0.2) is 41.4 Å². The fourth-order valence-corrected chi connectivity index (χ4v) is 3.27. The number of para-hydroxylation sites is 2. The van der Waals surface area contributed by atoms with Crippen LogP contribution >= 0.6 is 0 Å². The fourth-order valence-electron chi connectivity index (χ4n) is 3.27. The van der Waals surface area contributed by atoms with Gasteiger partial charge in [-0.05, 0) is 34.4 Å². The zero-order valence-corrected chi connectivity index (χ0v) is 17.6. The van der Waals surface area contributed by atoms with Gasteiger partial charge in [-0.2, -0.15) is 0 Å². The summed E-state index contributed by atoms with van der Waals surface area (Å²) in [6, 6.07) is 12.8. The minimum absolute atomic E-state index is 0.0220. The van der Waals surface area contributed by atoms with Crippen molar-refractivity contribution in [3.8, 4) is 5.75 Å². The van der Waals surface area contributed by atoms with Crippen LogP contribution in [0.5, 0.6) is 5.75 Å². The first-order valence-corrected chi connectivity index (χ1v) is 9.51. The van der Waals surface area contributed by atoms with E-state index in [-0.39, 0.29) is 5.41 Å². The predicted molar refractivity (Wildman–Crippen MR) is 114 cm³/mol. The molecule has 0 N–H and O–H groups in total. The monoisotopic (exact) mass is 351 g/mol. The Morgan fingerprint density at radius 1 is 0.885 bits per heavy atom. The van der Waals surface area contributed by atoms with Gasteiger partial charge in [0.15, 0.2) is 0 Å². The lowest BCUT2D eigenvalue weighted by Crippen LogP contribution is -2.13. The molecule has 2 heteroatoms. The zero-order valence-electron chi connectivity index (χ0n) is 17.6. The molecule has 26 heavy (non-hydrogen) atoms. The highest BCUT2D eigenvalue weighted by Crippen LogP contribution is 2.36. The quantitative estimate of drug-likeness (QED) is 0.532. The van der Waals surface area contributed by atoms with Gasteiger partial charge in [0.1, 0.15) is 5.75 Å². The van der Waals surface area contributed by atoms with Crippen molar-refractivity contribution in [3.63, 3.8) is 0 Å². The van der Waals surface area contributed by atoms with E-state index in [2.05, 4.69) is 84.9 Å². The average Bonchev–Trinajstić information content (AvgIpc) is 2.58. The second kappa shape index (κ2) is 8.07. The van der Waals surface area contributed by atoms with Gasteiger partial charge in [-0.25, -0.2) is 0 Å². The van der Waals surface area contributed by atoms with E-state index in [1.54, 1.807) is 7.11 Å². The zero-order chi connectivity index (χ0) is 19.5. The number of hydrogen-bond donors (Lipinski definition) is 0. The molecule has 0 atom stereocenters. The van der Waals surface area contributed by atoms with Crippen molar-refractivity contribution in [3.05, 3.63) is 58.7 Å². The number of benzene rings is 2. The normalized spacial score (nSPS) is 12.4. The maximum Gasteiger partial charge on any atom is 0.131 e. The predicted octanol–water partition coefficient (Wildman–Crippen LogP) is 6.99. The number of methoxy groups -OCH3 is 1. The Morgan fingerprint density at radius 2 is 1.42 bits per heavy atom. The first kappa shape index (κ1) is 20.2. The Labute approximate surface area is 159 Å². The standard InChI is InChI=1S/C24H33NO/c1-16(2)19-12-10-13-20(17(3)4)22(19)25-15-18-11-9-14-21(23(18)26-8)24(5,6)7/h9-17H,1-8H3/b25-15+. The highest BCUT2D eigenvalue weighted by atomic mass is 16.5. The van der Waals surface area contributed by atoms with Crippen molar-refractivity contribution in [1.29, 1.82) is 0 Å². The maximum atomic E-state index is 5.76. The molecule has 0 fully saturated rings. The molecule has 0 aliphatic heterocycles. The molecule has 0 aliphatic carbocycles. The number of hydrogen-bond acceptors (Lipinski definition) is 2. The van der Waals surface area contributed by atoms with Crippen LogP contribution in [0, 0.1) is 0 Å². The third kappa shape index (κ3) is 4.35. The second-order valence-corrected chi connectivity index (χ2v) is 8.53. The molecule has 140 valence electrons. The van der Waals surface area contributed by atoms with Crippen molar-refractivity contribution in [2.75, 3.05) is 7.11 Å². The van der Waals surface area contributed by atoms with Crippen LogP contribution in [0.1, 0.15) is 82.6 Å². The first-order valence-electron chi connectivity index (χ1n) is 9.51. The van der Waals surface area contributed by atoms with E-state index in [0.717, 1.165) is 17.0 Å². The van der Waals surface area contributed by atoms with Gasteiger partial charge in [-0.3, -0.25) is 4.99 Å². The fraction of sp³-hybridized carbons (Fsp3) is 0.458. The van der Waals surface area contributed by atoms with Crippen LogP contribution in [0.25, 0.3) is 0 Å². The number of aliphatic imine (C=N–C) groups is 1. The molecular formula is C24H33NO. The van der Waals surface area contributed by atoms with E-state index in [0.29, 0.717) is 11.8 Å². The summed E-state index contributed by atoms with van der Waals surface area (Å²) < 4.78 is 5.76. The van der Waals surface area contributed by atoms with Crippen molar-refractivity contribution < 1.29 is 4.74 Å². The number of rotatable bonds is 5. The summed E-state index contributed by atoms with van der Waals surface area (Å²) in [5.74, 6) is 1.78. The van der Waals surface area contributed by atoms with E-state index >= 15 is 0 Å². The average molecular weight is 352 g/mol. The first-order chi connectivity index (χ1) is 12.2. The maximum absolute atomic E-state index is 5.76. The molecule has 0 aromatic heterocycles. The Balaban J connectivity index is 2.58. The molecule has 0 saturated heterocycles. The van der Waals surface area contributed by atoms with Gasteiger partial charge in [-0.15, -0.1) is 0 Å². The molecule has 0 spiro atoms. The van der Waals surface area contributed by atoms with E-state index in [1.165, 1.54) is 16.7 Å². The van der Waals surface area contributed by atoms with Gasteiger partial charge in [0.05, 0.1) is 12.8 Å².